The largest absolute Gasteiger partial charge is 0.416 e. The maximum Gasteiger partial charge on any atom is 0.416 e. The minimum Gasteiger partial charge on any atom is -0.308 e. The summed E-state index contributed by atoms with van der Waals surface area (Å²) in [5, 5.41) is 1.97. The number of anilines is 1. The number of nitrogens with zero attached hydrogens (tertiary/aromatic N) is 2. The molecule has 0 aliphatic heterocycles. The molecular formula is C15H11F6N3O3. The van der Waals surface area contributed by atoms with E-state index in [4.69, 9.17) is 0 Å². The van der Waals surface area contributed by atoms with E-state index < -0.39 is 46.2 Å². The Hall–Kier alpha value is -3.05. The van der Waals surface area contributed by atoms with Crippen LogP contribution < -0.4 is 16.6 Å². The summed E-state index contributed by atoms with van der Waals surface area (Å²) in [6.07, 6.45) is -10.2. The van der Waals surface area contributed by atoms with Crippen LogP contribution in [-0.2, 0) is 26.4 Å². The van der Waals surface area contributed by atoms with E-state index in [-0.39, 0.29) is 24.0 Å². The van der Waals surface area contributed by atoms with Crippen molar-refractivity contribution in [1.29, 1.82) is 0 Å². The van der Waals surface area contributed by atoms with Crippen LogP contribution in [0, 0.1) is 0 Å². The summed E-state index contributed by atoms with van der Waals surface area (Å²) in [6, 6.07) is 1.16. The number of alkyl halides is 6. The Bertz CT molecular complexity index is 985. The fraction of sp³-hybridized carbons (Fsp3) is 0.267. The van der Waals surface area contributed by atoms with Crippen molar-refractivity contribution in [2.24, 2.45) is 14.1 Å². The van der Waals surface area contributed by atoms with E-state index in [2.05, 4.69) is 0 Å². The smallest absolute Gasteiger partial charge is 0.308 e. The molecule has 1 amide bonds. The first-order chi connectivity index (χ1) is 12.2. The molecule has 0 saturated heterocycles. The lowest BCUT2D eigenvalue weighted by atomic mass is 10.0. The van der Waals surface area contributed by atoms with Crippen LogP contribution in [0.15, 0.2) is 33.9 Å². The zero-order chi connectivity index (χ0) is 20.7. The lowest BCUT2D eigenvalue weighted by Gasteiger charge is -2.15. The summed E-state index contributed by atoms with van der Waals surface area (Å²) in [4.78, 5) is 35.5. The van der Waals surface area contributed by atoms with Gasteiger partial charge in [-0.05, 0) is 18.2 Å². The predicted octanol–water partition coefficient (Wildman–Crippen LogP) is 2.37. The van der Waals surface area contributed by atoms with E-state index in [9.17, 15) is 40.7 Å². The molecule has 1 N–H and O–H groups in total. The summed E-state index contributed by atoms with van der Waals surface area (Å²) in [5.74, 6) is -1.74. The Balaban J connectivity index is 2.54. The first-order valence-electron chi connectivity index (χ1n) is 7.09. The number of benzene rings is 1. The van der Waals surface area contributed by atoms with Crippen LogP contribution in [0.3, 0.4) is 0 Å². The third-order valence-corrected chi connectivity index (χ3v) is 3.62. The van der Waals surface area contributed by atoms with E-state index in [0.29, 0.717) is 4.57 Å². The Morgan fingerprint density at radius 3 is 1.78 bits per heavy atom. The summed E-state index contributed by atoms with van der Waals surface area (Å²) in [7, 11) is 2.31. The van der Waals surface area contributed by atoms with Crippen LogP contribution in [0.4, 0.5) is 32.2 Å². The molecule has 27 heavy (non-hydrogen) atoms. The standard InChI is InChI=1S/C15H11F6N3O3/c1-23-10(6-11(25)24(2)13(23)27)22-12(26)7-3-8(14(16,17)18)5-9(4-7)15(19,20)21/h3-6H,1-2H3,(H,22,26). The van der Waals surface area contributed by atoms with E-state index in [1.807, 2.05) is 5.32 Å². The maximum absolute atomic E-state index is 12.9. The van der Waals surface area contributed by atoms with Crippen LogP contribution in [0.2, 0.25) is 0 Å². The van der Waals surface area contributed by atoms with Crippen molar-refractivity contribution in [3.8, 4) is 0 Å². The van der Waals surface area contributed by atoms with Crippen molar-refractivity contribution in [2.75, 3.05) is 5.32 Å². The first-order valence-corrected chi connectivity index (χ1v) is 7.09. The number of carbonyl (C=O) groups is 1. The monoisotopic (exact) mass is 395 g/mol. The van der Waals surface area contributed by atoms with Crippen LogP contribution in [-0.4, -0.2) is 15.0 Å². The molecule has 0 fully saturated rings. The van der Waals surface area contributed by atoms with Gasteiger partial charge in [0, 0.05) is 25.7 Å². The normalized spacial score (nSPS) is 12.1. The van der Waals surface area contributed by atoms with Crippen molar-refractivity contribution in [1.82, 2.24) is 9.13 Å². The average molecular weight is 395 g/mol. The van der Waals surface area contributed by atoms with E-state index >= 15 is 0 Å². The number of rotatable bonds is 2. The molecule has 0 bridgehead atoms. The SMILES string of the molecule is Cn1c(NC(=O)c2cc(C(F)(F)F)cc(C(F)(F)F)c2)cc(=O)n(C)c1=O. The Morgan fingerprint density at radius 1 is 0.852 bits per heavy atom. The van der Waals surface area contributed by atoms with Crippen LogP contribution in [0.25, 0.3) is 0 Å². The van der Waals surface area contributed by atoms with Gasteiger partial charge in [0.25, 0.3) is 11.5 Å². The molecule has 2 rings (SSSR count). The highest BCUT2D eigenvalue weighted by molar-refractivity contribution is 6.04. The highest BCUT2D eigenvalue weighted by Gasteiger charge is 2.37. The van der Waals surface area contributed by atoms with Gasteiger partial charge in [0.1, 0.15) is 5.82 Å². The molecule has 0 saturated carbocycles. The van der Waals surface area contributed by atoms with Gasteiger partial charge in [0.2, 0.25) is 0 Å². The Morgan fingerprint density at radius 2 is 1.33 bits per heavy atom. The van der Waals surface area contributed by atoms with E-state index in [0.717, 1.165) is 24.7 Å². The molecule has 1 aromatic carbocycles. The van der Waals surface area contributed by atoms with Gasteiger partial charge in [-0.2, -0.15) is 26.3 Å². The molecule has 0 aliphatic carbocycles. The Labute approximate surface area is 146 Å². The minimum absolute atomic E-state index is 0.120. The van der Waals surface area contributed by atoms with Gasteiger partial charge in [-0.25, -0.2) is 4.79 Å². The molecule has 146 valence electrons. The third kappa shape index (κ3) is 4.20. The highest BCUT2D eigenvalue weighted by atomic mass is 19.4. The second-order valence-electron chi connectivity index (χ2n) is 5.52. The highest BCUT2D eigenvalue weighted by Crippen LogP contribution is 2.36. The van der Waals surface area contributed by atoms with Crippen LogP contribution in [0.5, 0.6) is 0 Å². The molecule has 12 heteroatoms. The minimum atomic E-state index is -5.12. The maximum atomic E-state index is 12.9. The van der Waals surface area contributed by atoms with Crippen molar-refractivity contribution in [2.45, 2.75) is 12.4 Å². The number of amides is 1. The van der Waals surface area contributed by atoms with Gasteiger partial charge < -0.3 is 5.32 Å². The average Bonchev–Trinajstić information content (AvgIpc) is 2.55. The number of nitrogens with one attached hydrogen (secondary N) is 1. The van der Waals surface area contributed by atoms with Crippen LogP contribution >= 0.6 is 0 Å². The number of halogens is 6. The zero-order valence-corrected chi connectivity index (χ0v) is 13.7. The number of aromatic nitrogens is 2. The summed E-state index contributed by atoms with van der Waals surface area (Å²) in [5.41, 5.74) is -5.95. The van der Waals surface area contributed by atoms with Gasteiger partial charge in [-0.1, -0.05) is 0 Å². The fourth-order valence-electron chi connectivity index (χ4n) is 2.13. The van der Waals surface area contributed by atoms with Crippen molar-refractivity contribution < 1.29 is 31.1 Å². The van der Waals surface area contributed by atoms with Crippen LogP contribution in [0.1, 0.15) is 21.5 Å². The lowest BCUT2D eigenvalue weighted by molar-refractivity contribution is -0.143. The Kier molecular flexibility index (Phi) is 4.95. The second-order valence-corrected chi connectivity index (χ2v) is 5.52. The third-order valence-electron chi connectivity index (χ3n) is 3.62. The van der Waals surface area contributed by atoms with Gasteiger partial charge in [-0.15, -0.1) is 0 Å². The molecule has 6 nitrogen and oxygen atoms in total. The molecule has 0 atom stereocenters. The van der Waals surface area contributed by atoms with Gasteiger partial charge in [0.15, 0.2) is 0 Å². The fourth-order valence-corrected chi connectivity index (χ4v) is 2.13. The zero-order valence-electron chi connectivity index (χ0n) is 13.7. The molecule has 0 radical (unpaired) electrons. The lowest BCUT2D eigenvalue weighted by Crippen LogP contribution is -2.38. The van der Waals surface area contributed by atoms with Crippen molar-refractivity contribution >= 4 is 11.7 Å². The molecule has 1 aromatic heterocycles. The van der Waals surface area contributed by atoms with Gasteiger partial charge in [-0.3, -0.25) is 18.7 Å². The number of hydrogen-bond acceptors (Lipinski definition) is 3. The van der Waals surface area contributed by atoms with Crippen molar-refractivity contribution in [3.63, 3.8) is 0 Å². The molecule has 0 aliphatic rings. The summed E-state index contributed by atoms with van der Waals surface area (Å²) >= 11 is 0. The molecule has 0 unspecified atom stereocenters. The second kappa shape index (κ2) is 6.59. The topological polar surface area (TPSA) is 73.1 Å². The quantitative estimate of drug-likeness (QED) is 0.794. The molecule has 2 aromatic rings. The molecule has 0 spiro atoms. The number of hydrogen-bond donors (Lipinski definition) is 1. The van der Waals surface area contributed by atoms with Gasteiger partial charge >= 0.3 is 18.0 Å². The molecule has 1 heterocycles. The number of carbonyl (C=O) groups excluding carboxylic acids is 1. The van der Waals surface area contributed by atoms with E-state index in [1.165, 1.54) is 0 Å². The predicted molar refractivity (Wildman–Crippen MR) is 81.3 cm³/mol. The summed E-state index contributed by atoms with van der Waals surface area (Å²) in [6.45, 7) is 0. The summed E-state index contributed by atoms with van der Waals surface area (Å²) < 4.78 is 78.6. The van der Waals surface area contributed by atoms with Gasteiger partial charge in [0.05, 0.1) is 11.1 Å². The molecular weight excluding hydrogens is 384 g/mol. The van der Waals surface area contributed by atoms with E-state index in [1.54, 1.807) is 0 Å². The first kappa shape index (κ1) is 20.3. The van der Waals surface area contributed by atoms with Crippen molar-refractivity contribution in [3.05, 3.63) is 61.8 Å².